The average Bonchev–Trinajstić information content (AvgIpc) is 3.00. The van der Waals surface area contributed by atoms with Crippen LogP contribution in [0.25, 0.3) is 0 Å². The zero-order valence-electron chi connectivity index (χ0n) is 12.9. The molecule has 2 rings (SSSR count). The molecule has 1 aromatic carbocycles. The third-order valence-corrected chi connectivity index (χ3v) is 4.16. The van der Waals surface area contributed by atoms with E-state index in [1.54, 1.807) is 18.2 Å². The molecule has 0 saturated heterocycles. The van der Waals surface area contributed by atoms with Crippen molar-refractivity contribution in [2.24, 2.45) is 5.92 Å². The molecule has 1 saturated carbocycles. The maximum atomic E-state index is 13.5. The van der Waals surface area contributed by atoms with E-state index in [1.807, 2.05) is 0 Å². The highest BCUT2D eigenvalue weighted by atomic mass is 19.1. The van der Waals surface area contributed by atoms with Gasteiger partial charge in [0.1, 0.15) is 11.9 Å². The summed E-state index contributed by atoms with van der Waals surface area (Å²) in [7, 11) is 0. The summed E-state index contributed by atoms with van der Waals surface area (Å²) in [6, 6.07) is 6.07. The lowest BCUT2D eigenvalue weighted by Crippen LogP contribution is -2.50. The fraction of sp³-hybridized carbons (Fsp3) is 0.529. The number of hydrogen-bond donors (Lipinski definition) is 2. The van der Waals surface area contributed by atoms with Crippen LogP contribution in [0.5, 0.6) is 0 Å². The number of halogens is 1. The number of hydrogen-bond acceptors (Lipinski definition) is 2. The SMILES string of the molecule is CC(=O)NC(C(=O)NCCc1ccccc1F)C1CCCC1. The highest BCUT2D eigenvalue weighted by molar-refractivity contribution is 5.87. The molecule has 1 atom stereocenters. The molecule has 5 heteroatoms. The van der Waals surface area contributed by atoms with Crippen LogP contribution in [0.15, 0.2) is 24.3 Å². The lowest BCUT2D eigenvalue weighted by atomic mass is 9.97. The molecule has 0 radical (unpaired) electrons. The summed E-state index contributed by atoms with van der Waals surface area (Å²) < 4.78 is 13.5. The summed E-state index contributed by atoms with van der Waals surface area (Å²) in [4.78, 5) is 23.6. The highest BCUT2D eigenvalue weighted by Gasteiger charge is 2.30. The van der Waals surface area contributed by atoms with Crippen molar-refractivity contribution in [1.29, 1.82) is 0 Å². The summed E-state index contributed by atoms with van der Waals surface area (Å²) in [5.74, 6) is -0.414. The van der Waals surface area contributed by atoms with Gasteiger partial charge < -0.3 is 10.6 Å². The van der Waals surface area contributed by atoms with Crippen LogP contribution < -0.4 is 10.6 Å². The van der Waals surface area contributed by atoms with Gasteiger partial charge in [0.25, 0.3) is 0 Å². The average molecular weight is 306 g/mol. The predicted octanol–water partition coefficient (Wildman–Crippen LogP) is 2.18. The van der Waals surface area contributed by atoms with Crippen molar-refractivity contribution in [2.75, 3.05) is 6.54 Å². The van der Waals surface area contributed by atoms with E-state index in [9.17, 15) is 14.0 Å². The van der Waals surface area contributed by atoms with Crippen molar-refractivity contribution in [3.05, 3.63) is 35.6 Å². The number of rotatable bonds is 6. The van der Waals surface area contributed by atoms with E-state index in [2.05, 4.69) is 10.6 Å². The smallest absolute Gasteiger partial charge is 0.242 e. The van der Waals surface area contributed by atoms with Crippen molar-refractivity contribution in [2.45, 2.75) is 45.1 Å². The van der Waals surface area contributed by atoms with Crippen molar-refractivity contribution in [3.8, 4) is 0 Å². The minimum absolute atomic E-state index is 0.168. The standard InChI is InChI=1S/C17H23FN2O2/c1-12(21)20-16(14-7-2-3-8-14)17(22)19-11-10-13-6-4-5-9-15(13)18/h4-6,9,14,16H,2-3,7-8,10-11H2,1H3,(H,19,22)(H,20,21). The zero-order chi connectivity index (χ0) is 15.9. The molecule has 0 spiro atoms. The van der Waals surface area contributed by atoms with Gasteiger partial charge in [0.05, 0.1) is 0 Å². The summed E-state index contributed by atoms with van der Waals surface area (Å²) in [6.07, 6.45) is 4.57. The highest BCUT2D eigenvalue weighted by Crippen LogP contribution is 2.27. The van der Waals surface area contributed by atoms with Crippen LogP contribution in [0, 0.1) is 11.7 Å². The van der Waals surface area contributed by atoms with Crippen LogP contribution >= 0.6 is 0 Å². The number of nitrogens with one attached hydrogen (secondary N) is 2. The summed E-state index contributed by atoms with van der Waals surface area (Å²) in [5.41, 5.74) is 0.583. The Balaban J connectivity index is 1.87. The lowest BCUT2D eigenvalue weighted by Gasteiger charge is -2.23. The first-order valence-corrected chi connectivity index (χ1v) is 7.86. The summed E-state index contributed by atoms with van der Waals surface area (Å²) >= 11 is 0. The summed E-state index contributed by atoms with van der Waals surface area (Å²) in [6.45, 7) is 1.79. The molecule has 22 heavy (non-hydrogen) atoms. The van der Waals surface area contributed by atoms with Crippen molar-refractivity contribution in [3.63, 3.8) is 0 Å². The van der Waals surface area contributed by atoms with Crippen LogP contribution in [0.4, 0.5) is 4.39 Å². The van der Waals surface area contributed by atoms with Gasteiger partial charge in [-0.2, -0.15) is 0 Å². The maximum Gasteiger partial charge on any atom is 0.242 e. The molecule has 1 aromatic rings. The third kappa shape index (κ3) is 4.55. The number of amides is 2. The molecule has 0 heterocycles. The van der Waals surface area contributed by atoms with Gasteiger partial charge in [-0.25, -0.2) is 4.39 Å². The maximum absolute atomic E-state index is 13.5. The lowest BCUT2D eigenvalue weighted by molar-refractivity contribution is -0.129. The van der Waals surface area contributed by atoms with Crippen molar-refractivity contribution in [1.82, 2.24) is 10.6 Å². The Kier molecular flexibility index (Phi) is 5.92. The Morgan fingerprint density at radius 2 is 1.95 bits per heavy atom. The monoisotopic (exact) mass is 306 g/mol. The molecule has 4 nitrogen and oxygen atoms in total. The van der Waals surface area contributed by atoms with E-state index in [-0.39, 0.29) is 23.5 Å². The normalized spacial score (nSPS) is 16.3. The molecule has 0 bridgehead atoms. The fourth-order valence-electron chi connectivity index (χ4n) is 3.04. The Hall–Kier alpha value is -1.91. The Bertz CT molecular complexity index is 527. The first-order valence-electron chi connectivity index (χ1n) is 7.86. The van der Waals surface area contributed by atoms with Gasteiger partial charge in [-0.3, -0.25) is 9.59 Å². The van der Waals surface area contributed by atoms with Gasteiger partial charge in [-0.15, -0.1) is 0 Å². The molecule has 0 aromatic heterocycles. The van der Waals surface area contributed by atoms with E-state index in [0.29, 0.717) is 18.5 Å². The Morgan fingerprint density at radius 1 is 1.27 bits per heavy atom. The molecule has 120 valence electrons. The number of benzene rings is 1. The van der Waals surface area contributed by atoms with Crippen LogP contribution in [-0.4, -0.2) is 24.4 Å². The zero-order valence-corrected chi connectivity index (χ0v) is 12.9. The van der Waals surface area contributed by atoms with E-state index < -0.39 is 6.04 Å². The second kappa shape index (κ2) is 7.92. The van der Waals surface area contributed by atoms with Gasteiger partial charge in [-0.1, -0.05) is 31.0 Å². The molecular weight excluding hydrogens is 283 g/mol. The van der Waals surface area contributed by atoms with E-state index in [0.717, 1.165) is 25.7 Å². The van der Waals surface area contributed by atoms with Crippen LogP contribution in [0.3, 0.4) is 0 Å². The van der Waals surface area contributed by atoms with Gasteiger partial charge >= 0.3 is 0 Å². The fourth-order valence-corrected chi connectivity index (χ4v) is 3.04. The molecule has 1 fully saturated rings. The van der Waals surface area contributed by atoms with E-state index in [4.69, 9.17) is 0 Å². The number of carbonyl (C=O) groups is 2. The second-order valence-corrected chi connectivity index (χ2v) is 5.86. The topological polar surface area (TPSA) is 58.2 Å². The third-order valence-electron chi connectivity index (χ3n) is 4.16. The molecule has 0 aliphatic heterocycles. The molecule has 2 N–H and O–H groups in total. The minimum atomic E-state index is -0.472. The molecule has 1 aliphatic carbocycles. The molecular formula is C17H23FN2O2. The van der Waals surface area contributed by atoms with Crippen molar-refractivity contribution >= 4 is 11.8 Å². The largest absolute Gasteiger partial charge is 0.354 e. The first-order chi connectivity index (χ1) is 10.6. The van der Waals surface area contributed by atoms with Gasteiger partial charge in [-0.05, 0) is 36.8 Å². The minimum Gasteiger partial charge on any atom is -0.354 e. The van der Waals surface area contributed by atoms with Gasteiger partial charge in [0.15, 0.2) is 0 Å². The molecule has 1 aliphatic rings. The summed E-state index contributed by atoms with van der Waals surface area (Å²) in [5, 5.41) is 5.58. The Morgan fingerprint density at radius 3 is 2.59 bits per heavy atom. The van der Waals surface area contributed by atoms with Gasteiger partial charge in [0, 0.05) is 13.5 Å². The van der Waals surface area contributed by atoms with Crippen LogP contribution in [0.2, 0.25) is 0 Å². The second-order valence-electron chi connectivity index (χ2n) is 5.86. The predicted molar refractivity (Wildman–Crippen MR) is 82.7 cm³/mol. The van der Waals surface area contributed by atoms with Crippen LogP contribution in [0.1, 0.15) is 38.2 Å². The quantitative estimate of drug-likeness (QED) is 0.846. The van der Waals surface area contributed by atoms with Crippen molar-refractivity contribution < 1.29 is 14.0 Å². The molecule has 2 amide bonds. The first kappa shape index (κ1) is 16.5. The Labute approximate surface area is 130 Å². The van der Waals surface area contributed by atoms with Crippen LogP contribution in [-0.2, 0) is 16.0 Å². The number of carbonyl (C=O) groups excluding carboxylic acids is 2. The molecule has 1 unspecified atom stereocenters. The van der Waals surface area contributed by atoms with Gasteiger partial charge in [0.2, 0.25) is 11.8 Å². The van der Waals surface area contributed by atoms with E-state index >= 15 is 0 Å². The van der Waals surface area contributed by atoms with E-state index in [1.165, 1.54) is 13.0 Å².